The van der Waals surface area contributed by atoms with Crippen LogP contribution in [0.3, 0.4) is 0 Å². The molecular formula is C14H24N2. The normalized spacial score (nSPS) is 10.7. The molecule has 0 saturated heterocycles. The van der Waals surface area contributed by atoms with E-state index in [9.17, 15) is 0 Å². The van der Waals surface area contributed by atoms with E-state index in [4.69, 9.17) is 0 Å². The minimum atomic E-state index is 0.986. The largest absolute Gasteiger partial charge is 0.317 e. The third-order valence-electron chi connectivity index (χ3n) is 2.99. The van der Waals surface area contributed by atoms with Gasteiger partial charge < -0.3 is 10.6 Å². The highest BCUT2D eigenvalue weighted by molar-refractivity contribution is 5.32. The maximum absolute atomic E-state index is 3.49. The zero-order valence-corrected chi connectivity index (χ0v) is 10.8. The Hall–Kier alpha value is -0.860. The summed E-state index contributed by atoms with van der Waals surface area (Å²) in [5.41, 5.74) is 4.22. The molecule has 0 radical (unpaired) electrons. The van der Waals surface area contributed by atoms with Crippen molar-refractivity contribution in [2.75, 3.05) is 19.6 Å². The van der Waals surface area contributed by atoms with Gasteiger partial charge in [-0.15, -0.1) is 0 Å². The minimum Gasteiger partial charge on any atom is -0.317 e. The number of aryl methyl sites for hydroxylation is 1. The van der Waals surface area contributed by atoms with Crippen LogP contribution >= 0.6 is 0 Å². The van der Waals surface area contributed by atoms with Gasteiger partial charge in [0.25, 0.3) is 0 Å². The van der Waals surface area contributed by atoms with Crippen LogP contribution in [0, 0.1) is 13.8 Å². The van der Waals surface area contributed by atoms with Crippen LogP contribution in [0.4, 0.5) is 0 Å². The number of nitrogens with one attached hydrogen (secondary N) is 2. The average Bonchev–Trinajstić information content (AvgIpc) is 2.29. The first-order valence-corrected chi connectivity index (χ1v) is 6.22. The Labute approximate surface area is 99.5 Å². The van der Waals surface area contributed by atoms with Crippen molar-refractivity contribution in [3.63, 3.8) is 0 Å². The van der Waals surface area contributed by atoms with Crippen molar-refractivity contribution in [1.29, 1.82) is 0 Å². The fourth-order valence-electron chi connectivity index (χ4n) is 1.74. The number of hydrogen-bond donors (Lipinski definition) is 2. The lowest BCUT2D eigenvalue weighted by Crippen LogP contribution is -2.21. The van der Waals surface area contributed by atoms with Gasteiger partial charge in [0.05, 0.1) is 0 Å². The molecule has 0 aromatic heterocycles. The first-order valence-electron chi connectivity index (χ1n) is 6.22. The van der Waals surface area contributed by atoms with E-state index in [1.165, 1.54) is 23.1 Å². The van der Waals surface area contributed by atoms with E-state index in [1.54, 1.807) is 0 Å². The van der Waals surface area contributed by atoms with Gasteiger partial charge in [0, 0.05) is 6.54 Å². The number of rotatable bonds is 7. The molecule has 2 nitrogen and oxygen atoms in total. The molecule has 0 amide bonds. The summed E-state index contributed by atoms with van der Waals surface area (Å²) in [6, 6.07) is 6.52. The zero-order valence-electron chi connectivity index (χ0n) is 10.8. The molecule has 90 valence electrons. The zero-order chi connectivity index (χ0) is 11.8. The molecule has 0 saturated carbocycles. The van der Waals surface area contributed by atoms with Crippen LogP contribution in [0.15, 0.2) is 18.2 Å². The Morgan fingerprint density at radius 1 is 1.06 bits per heavy atom. The van der Waals surface area contributed by atoms with Gasteiger partial charge >= 0.3 is 0 Å². The van der Waals surface area contributed by atoms with Gasteiger partial charge in [-0.25, -0.2) is 0 Å². The Morgan fingerprint density at radius 2 is 1.81 bits per heavy atom. The van der Waals surface area contributed by atoms with Crippen molar-refractivity contribution in [2.45, 2.75) is 33.7 Å². The Morgan fingerprint density at radius 3 is 2.56 bits per heavy atom. The van der Waals surface area contributed by atoms with E-state index in [0.29, 0.717) is 0 Å². The molecule has 0 heterocycles. The van der Waals surface area contributed by atoms with E-state index in [2.05, 4.69) is 49.6 Å². The summed E-state index contributed by atoms with van der Waals surface area (Å²) in [7, 11) is 0. The van der Waals surface area contributed by atoms with Gasteiger partial charge in [-0.05, 0) is 56.6 Å². The molecule has 1 aromatic rings. The summed E-state index contributed by atoms with van der Waals surface area (Å²) in [5, 5.41) is 6.82. The second-order valence-electron chi connectivity index (χ2n) is 4.24. The predicted octanol–water partition coefficient (Wildman–Crippen LogP) is 2.39. The summed E-state index contributed by atoms with van der Waals surface area (Å²) in [6.45, 7) is 10.8. The average molecular weight is 220 g/mol. The summed E-state index contributed by atoms with van der Waals surface area (Å²) in [4.78, 5) is 0. The molecule has 0 unspecified atom stereocenters. The Balaban J connectivity index is 2.24. The third-order valence-corrected chi connectivity index (χ3v) is 2.99. The van der Waals surface area contributed by atoms with Gasteiger partial charge in [0.1, 0.15) is 0 Å². The standard InChI is InChI=1S/C14H24N2/c1-4-15-9-6-10-16-11-14-8-5-7-12(2)13(14)3/h5,7-8,15-16H,4,6,9-11H2,1-3H3. The maximum atomic E-state index is 3.49. The molecule has 0 bridgehead atoms. The third kappa shape index (κ3) is 4.33. The van der Waals surface area contributed by atoms with Crippen LogP contribution in [-0.2, 0) is 6.54 Å². The fraction of sp³-hybridized carbons (Fsp3) is 0.571. The van der Waals surface area contributed by atoms with Gasteiger partial charge in [-0.3, -0.25) is 0 Å². The number of benzene rings is 1. The highest BCUT2D eigenvalue weighted by atomic mass is 14.9. The van der Waals surface area contributed by atoms with E-state index < -0.39 is 0 Å². The highest BCUT2D eigenvalue weighted by Gasteiger charge is 1.99. The molecule has 16 heavy (non-hydrogen) atoms. The van der Waals surface area contributed by atoms with Crippen molar-refractivity contribution < 1.29 is 0 Å². The predicted molar refractivity (Wildman–Crippen MR) is 70.8 cm³/mol. The highest BCUT2D eigenvalue weighted by Crippen LogP contribution is 2.11. The van der Waals surface area contributed by atoms with E-state index in [1.807, 2.05) is 0 Å². The van der Waals surface area contributed by atoms with Crippen molar-refractivity contribution in [1.82, 2.24) is 10.6 Å². The molecule has 0 aliphatic carbocycles. The van der Waals surface area contributed by atoms with Gasteiger partial charge in [0.2, 0.25) is 0 Å². The van der Waals surface area contributed by atoms with Gasteiger partial charge in [-0.2, -0.15) is 0 Å². The van der Waals surface area contributed by atoms with Gasteiger partial charge in [-0.1, -0.05) is 25.1 Å². The Kier molecular flexibility index (Phi) is 6.12. The van der Waals surface area contributed by atoms with Crippen molar-refractivity contribution >= 4 is 0 Å². The molecule has 2 heteroatoms. The van der Waals surface area contributed by atoms with E-state index in [-0.39, 0.29) is 0 Å². The van der Waals surface area contributed by atoms with Crippen LogP contribution in [0.1, 0.15) is 30.0 Å². The smallest absolute Gasteiger partial charge is 0.0208 e. The van der Waals surface area contributed by atoms with Crippen LogP contribution < -0.4 is 10.6 Å². The first kappa shape index (κ1) is 13.2. The van der Waals surface area contributed by atoms with Crippen molar-refractivity contribution in [3.8, 4) is 0 Å². The van der Waals surface area contributed by atoms with E-state index >= 15 is 0 Å². The minimum absolute atomic E-state index is 0.986. The van der Waals surface area contributed by atoms with Crippen LogP contribution in [0.5, 0.6) is 0 Å². The Bertz CT molecular complexity index is 308. The lowest BCUT2D eigenvalue weighted by atomic mass is 10.0. The molecule has 2 N–H and O–H groups in total. The van der Waals surface area contributed by atoms with Crippen LogP contribution in [-0.4, -0.2) is 19.6 Å². The lowest BCUT2D eigenvalue weighted by Gasteiger charge is -2.09. The second kappa shape index (κ2) is 7.42. The molecule has 1 aromatic carbocycles. The van der Waals surface area contributed by atoms with Gasteiger partial charge in [0.15, 0.2) is 0 Å². The van der Waals surface area contributed by atoms with E-state index in [0.717, 1.165) is 26.2 Å². The molecule has 1 rings (SSSR count). The maximum Gasteiger partial charge on any atom is 0.0208 e. The van der Waals surface area contributed by atoms with Crippen molar-refractivity contribution in [2.24, 2.45) is 0 Å². The summed E-state index contributed by atoms with van der Waals surface area (Å²) in [6.07, 6.45) is 1.19. The quantitative estimate of drug-likeness (QED) is 0.690. The lowest BCUT2D eigenvalue weighted by molar-refractivity contribution is 0.605. The molecule has 0 aliphatic rings. The second-order valence-corrected chi connectivity index (χ2v) is 4.24. The SMILES string of the molecule is CCNCCCNCc1cccc(C)c1C. The summed E-state index contributed by atoms with van der Waals surface area (Å²) >= 11 is 0. The summed E-state index contributed by atoms with van der Waals surface area (Å²) in [5.74, 6) is 0. The molecule has 0 aliphatic heterocycles. The molecule has 0 spiro atoms. The van der Waals surface area contributed by atoms with Crippen LogP contribution in [0.25, 0.3) is 0 Å². The fourth-order valence-corrected chi connectivity index (χ4v) is 1.74. The topological polar surface area (TPSA) is 24.1 Å². The molecular weight excluding hydrogens is 196 g/mol. The van der Waals surface area contributed by atoms with Crippen LogP contribution in [0.2, 0.25) is 0 Å². The monoisotopic (exact) mass is 220 g/mol. The number of hydrogen-bond acceptors (Lipinski definition) is 2. The first-order chi connectivity index (χ1) is 7.75. The van der Waals surface area contributed by atoms with Crippen molar-refractivity contribution in [3.05, 3.63) is 34.9 Å². The molecule has 0 atom stereocenters. The molecule has 0 fully saturated rings. The summed E-state index contributed by atoms with van der Waals surface area (Å²) < 4.78 is 0.